The predicted molar refractivity (Wildman–Crippen MR) is 63.0 cm³/mol. The first-order valence-electron chi connectivity index (χ1n) is 4.23. The molecule has 0 amide bonds. The molecule has 2 aromatic rings. The zero-order valence-corrected chi connectivity index (χ0v) is 10.0. The summed E-state index contributed by atoms with van der Waals surface area (Å²) < 4.78 is 0.939. The van der Waals surface area contributed by atoms with Crippen molar-refractivity contribution in [2.24, 2.45) is 0 Å². The van der Waals surface area contributed by atoms with Crippen LogP contribution >= 0.6 is 27.3 Å². The Hall–Kier alpha value is -1.14. The van der Waals surface area contributed by atoms with E-state index in [1.54, 1.807) is 17.6 Å². The number of phenolic OH excluding ortho intramolecular Hbond substituents is 1. The van der Waals surface area contributed by atoms with Gasteiger partial charge in [0, 0.05) is 16.6 Å². The fourth-order valence-electron chi connectivity index (χ4n) is 1.12. The van der Waals surface area contributed by atoms with Gasteiger partial charge in [0.2, 0.25) is 5.13 Å². The molecule has 0 spiro atoms. The highest BCUT2D eigenvalue weighted by Crippen LogP contribution is 2.22. The molecule has 0 saturated heterocycles. The van der Waals surface area contributed by atoms with Gasteiger partial charge in [-0.1, -0.05) is 27.3 Å². The second kappa shape index (κ2) is 4.59. The Morgan fingerprint density at radius 2 is 2.33 bits per heavy atom. The van der Waals surface area contributed by atoms with Crippen LogP contribution in [-0.4, -0.2) is 15.3 Å². The zero-order valence-electron chi connectivity index (χ0n) is 7.64. The van der Waals surface area contributed by atoms with Gasteiger partial charge in [0.15, 0.2) is 0 Å². The number of halogens is 1. The predicted octanol–water partition coefficient (Wildman–Crippen LogP) is 2.62. The molecule has 0 aliphatic rings. The summed E-state index contributed by atoms with van der Waals surface area (Å²) in [5, 5.41) is 20.9. The standard InChI is InChI=1S/C9H8BrN3OS/c10-7-1-2-8(14)6(3-7)4-11-9-13-12-5-15-9/h1-3,5,14H,4H2,(H,11,13). The summed E-state index contributed by atoms with van der Waals surface area (Å²) in [7, 11) is 0. The molecule has 2 N–H and O–H groups in total. The van der Waals surface area contributed by atoms with E-state index < -0.39 is 0 Å². The third kappa shape index (κ3) is 2.66. The average Bonchev–Trinajstić information content (AvgIpc) is 2.72. The van der Waals surface area contributed by atoms with Crippen molar-refractivity contribution in [3.63, 3.8) is 0 Å². The van der Waals surface area contributed by atoms with E-state index in [1.807, 2.05) is 6.07 Å². The molecule has 1 aromatic heterocycles. The van der Waals surface area contributed by atoms with Crippen LogP contribution < -0.4 is 5.32 Å². The molecule has 0 saturated carbocycles. The maximum Gasteiger partial charge on any atom is 0.205 e. The lowest BCUT2D eigenvalue weighted by atomic mass is 10.2. The molecular formula is C9H8BrN3OS. The van der Waals surface area contributed by atoms with E-state index in [2.05, 4.69) is 31.4 Å². The first-order chi connectivity index (χ1) is 7.25. The molecule has 15 heavy (non-hydrogen) atoms. The third-order valence-electron chi connectivity index (χ3n) is 1.83. The first-order valence-corrected chi connectivity index (χ1v) is 5.90. The van der Waals surface area contributed by atoms with Crippen molar-refractivity contribution >= 4 is 32.4 Å². The van der Waals surface area contributed by atoms with Gasteiger partial charge in [-0.3, -0.25) is 0 Å². The highest BCUT2D eigenvalue weighted by molar-refractivity contribution is 9.10. The second-order valence-electron chi connectivity index (χ2n) is 2.87. The number of hydrogen-bond donors (Lipinski definition) is 2. The Labute approximate surface area is 99.1 Å². The zero-order chi connectivity index (χ0) is 10.7. The van der Waals surface area contributed by atoms with Gasteiger partial charge in [-0.2, -0.15) is 0 Å². The van der Waals surface area contributed by atoms with Crippen LogP contribution in [0.15, 0.2) is 28.2 Å². The third-order valence-corrected chi connectivity index (χ3v) is 2.97. The highest BCUT2D eigenvalue weighted by atomic mass is 79.9. The second-order valence-corrected chi connectivity index (χ2v) is 4.62. The Morgan fingerprint density at radius 3 is 3.07 bits per heavy atom. The monoisotopic (exact) mass is 285 g/mol. The van der Waals surface area contributed by atoms with Crippen LogP contribution in [0.1, 0.15) is 5.56 Å². The van der Waals surface area contributed by atoms with Gasteiger partial charge in [0.1, 0.15) is 11.3 Å². The van der Waals surface area contributed by atoms with E-state index in [0.29, 0.717) is 6.54 Å². The summed E-state index contributed by atoms with van der Waals surface area (Å²) in [4.78, 5) is 0. The van der Waals surface area contributed by atoms with Crippen molar-refractivity contribution in [2.45, 2.75) is 6.54 Å². The molecule has 0 atom stereocenters. The van der Waals surface area contributed by atoms with Crippen molar-refractivity contribution in [1.82, 2.24) is 10.2 Å². The van der Waals surface area contributed by atoms with Crippen LogP contribution in [0, 0.1) is 0 Å². The molecule has 2 rings (SSSR count). The van der Waals surface area contributed by atoms with Crippen molar-refractivity contribution in [3.05, 3.63) is 33.7 Å². The van der Waals surface area contributed by atoms with Crippen LogP contribution in [-0.2, 0) is 6.54 Å². The van der Waals surface area contributed by atoms with Crippen molar-refractivity contribution in [2.75, 3.05) is 5.32 Å². The number of hydrogen-bond acceptors (Lipinski definition) is 5. The summed E-state index contributed by atoms with van der Waals surface area (Å²) in [5.74, 6) is 0.273. The Bertz CT molecular complexity index is 447. The molecule has 1 aromatic carbocycles. The molecule has 1 heterocycles. The molecule has 0 radical (unpaired) electrons. The van der Waals surface area contributed by atoms with Crippen LogP contribution in [0.2, 0.25) is 0 Å². The summed E-state index contributed by atoms with van der Waals surface area (Å²) >= 11 is 4.78. The summed E-state index contributed by atoms with van der Waals surface area (Å²) in [6, 6.07) is 5.31. The number of phenols is 1. The summed E-state index contributed by atoms with van der Waals surface area (Å²) in [5.41, 5.74) is 2.47. The van der Waals surface area contributed by atoms with Crippen molar-refractivity contribution in [1.29, 1.82) is 0 Å². The van der Waals surface area contributed by atoms with Gasteiger partial charge in [0.25, 0.3) is 0 Å². The first kappa shape index (κ1) is 10.4. The van der Waals surface area contributed by atoms with Gasteiger partial charge in [-0.25, -0.2) is 0 Å². The molecule has 0 aliphatic heterocycles. The fourth-order valence-corrected chi connectivity index (χ4v) is 1.97. The number of benzene rings is 1. The lowest BCUT2D eigenvalue weighted by molar-refractivity contribution is 0.469. The molecule has 78 valence electrons. The van der Waals surface area contributed by atoms with Crippen LogP contribution in [0.5, 0.6) is 5.75 Å². The number of aromatic nitrogens is 2. The molecule has 6 heteroatoms. The van der Waals surface area contributed by atoms with E-state index in [-0.39, 0.29) is 5.75 Å². The summed E-state index contributed by atoms with van der Waals surface area (Å²) in [6.07, 6.45) is 0. The molecule has 0 bridgehead atoms. The lowest BCUT2D eigenvalue weighted by Crippen LogP contribution is -1.99. The highest BCUT2D eigenvalue weighted by Gasteiger charge is 2.02. The van der Waals surface area contributed by atoms with Gasteiger partial charge >= 0.3 is 0 Å². The van der Waals surface area contributed by atoms with Gasteiger partial charge in [-0.15, -0.1) is 10.2 Å². The van der Waals surface area contributed by atoms with E-state index in [4.69, 9.17) is 0 Å². The van der Waals surface area contributed by atoms with Crippen LogP contribution in [0.3, 0.4) is 0 Å². The number of anilines is 1. The van der Waals surface area contributed by atoms with E-state index in [9.17, 15) is 5.11 Å². The normalized spacial score (nSPS) is 10.2. The van der Waals surface area contributed by atoms with Crippen LogP contribution in [0.25, 0.3) is 0 Å². The number of nitrogens with zero attached hydrogens (tertiary/aromatic N) is 2. The van der Waals surface area contributed by atoms with Crippen LogP contribution in [0.4, 0.5) is 5.13 Å². The van der Waals surface area contributed by atoms with Crippen molar-refractivity contribution in [3.8, 4) is 5.75 Å². The Balaban J connectivity index is 2.07. The van der Waals surface area contributed by atoms with E-state index in [0.717, 1.165) is 15.2 Å². The van der Waals surface area contributed by atoms with Crippen molar-refractivity contribution < 1.29 is 5.11 Å². The minimum atomic E-state index is 0.273. The molecule has 0 unspecified atom stereocenters. The number of aromatic hydroxyl groups is 1. The number of rotatable bonds is 3. The van der Waals surface area contributed by atoms with Gasteiger partial charge in [0.05, 0.1) is 0 Å². The molecule has 4 nitrogen and oxygen atoms in total. The largest absolute Gasteiger partial charge is 0.508 e. The average molecular weight is 286 g/mol. The smallest absolute Gasteiger partial charge is 0.205 e. The minimum absolute atomic E-state index is 0.273. The maximum atomic E-state index is 9.57. The van der Waals surface area contributed by atoms with Gasteiger partial charge < -0.3 is 10.4 Å². The van der Waals surface area contributed by atoms with E-state index in [1.165, 1.54) is 11.3 Å². The molecule has 0 fully saturated rings. The van der Waals surface area contributed by atoms with Gasteiger partial charge in [-0.05, 0) is 18.2 Å². The Morgan fingerprint density at radius 1 is 1.47 bits per heavy atom. The molecular weight excluding hydrogens is 278 g/mol. The minimum Gasteiger partial charge on any atom is -0.508 e. The topological polar surface area (TPSA) is 58.0 Å². The lowest BCUT2D eigenvalue weighted by Gasteiger charge is -2.05. The quantitative estimate of drug-likeness (QED) is 0.910. The maximum absolute atomic E-state index is 9.57. The van der Waals surface area contributed by atoms with E-state index >= 15 is 0 Å². The summed E-state index contributed by atoms with van der Waals surface area (Å²) in [6.45, 7) is 0.528. The molecule has 0 aliphatic carbocycles. The Kier molecular flexibility index (Phi) is 3.17. The fraction of sp³-hybridized carbons (Fsp3) is 0.111. The SMILES string of the molecule is Oc1ccc(Br)cc1CNc1nncs1. The number of nitrogens with one attached hydrogen (secondary N) is 1.